The molecule has 0 spiro atoms. The number of rotatable bonds is 6. The van der Waals surface area contributed by atoms with Crippen LogP contribution in [0.2, 0.25) is 0 Å². The van der Waals surface area contributed by atoms with Gasteiger partial charge in [0.1, 0.15) is 11.5 Å². The number of aliphatic carboxylic acids is 1. The van der Waals surface area contributed by atoms with Crippen LogP contribution in [0, 0.1) is 0 Å². The standard InChI is InChI=1S/C20H21NO5/c1-21(12-14-6-8-15(9-7-14)26-13-19(22)23)20(24)17-10-11-25-18-5-3-2-4-16(17)18/h2-9,17H,10-13H2,1H3,(H,22,23). The van der Waals surface area contributed by atoms with E-state index in [0.717, 1.165) is 16.9 Å². The highest BCUT2D eigenvalue weighted by Crippen LogP contribution is 2.34. The van der Waals surface area contributed by atoms with Gasteiger partial charge in [0.25, 0.3) is 0 Å². The van der Waals surface area contributed by atoms with Crippen LogP contribution in [0.4, 0.5) is 0 Å². The number of hydrogen-bond acceptors (Lipinski definition) is 4. The maximum atomic E-state index is 12.9. The summed E-state index contributed by atoms with van der Waals surface area (Å²) in [4.78, 5) is 25.1. The Kier molecular flexibility index (Phi) is 5.41. The van der Waals surface area contributed by atoms with Gasteiger partial charge in [-0.25, -0.2) is 4.79 Å². The fourth-order valence-corrected chi connectivity index (χ4v) is 3.05. The molecule has 136 valence electrons. The number of benzene rings is 2. The molecule has 1 atom stereocenters. The van der Waals surface area contributed by atoms with E-state index in [-0.39, 0.29) is 18.4 Å². The van der Waals surface area contributed by atoms with Crippen LogP contribution in [0.1, 0.15) is 23.5 Å². The predicted octanol–water partition coefficient (Wildman–Crippen LogP) is 2.67. The number of carboxylic acids is 1. The smallest absolute Gasteiger partial charge is 0.341 e. The highest BCUT2D eigenvalue weighted by Gasteiger charge is 2.29. The van der Waals surface area contributed by atoms with Gasteiger partial charge in [-0.2, -0.15) is 0 Å². The fraction of sp³-hybridized carbons (Fsp3) is 0.300. The molecule has 1 heterocycles. The average Bonchev–Trinajstić information content (AvgIpc) is 2.66. The van der Waals surface area contributed by atoms with Crippen molar-refractivity contribution in [3.8, 4) is 11.5 Å². The molecule has 0 radical (unpaired) electrons. The molecule has 3 rings (SSSR count). The third-order valence-corrected chi connectivity index (χ3v) is 4.34. The molecule has 6 heteroatoms. The number of hydrogen-bond donors (Lipinski definition) is 1. The zero-order valence-electron chi connectivity index (χ0n) is 14.6. The summed E-state index contributed by atoms with van der Waals surface area (Å²) in [7, 11) is 1.79. The maximum Gasteiger partial charge on any atom is 0.341 e. The highest BCUT2D eigenvalue weighted by atomic mass is 16.5. The lowest BCUT2D eigenvalue weighted by atomic mass is 9.92. The Balaban J connectivity index is 1.64. The number of carbonyl (C=O) groups is 2. The molecule has 0 bridgehead atoms. The number of carbonyl (C=O) groups excluding carboxylic acids is 1. The minimum absolute atomic E-state index is 0.0620. The first-order valence-corrected chi connectivity index (χ1v) is 8.45. The van der Waals surface area contributed by atoms with E-state index in [1.807, 2.05) is 36.4 Å². The van der Waals surface area contributed by atoms with Crippen molar-refractivity contribution >= 4 is 11.9 Å². The molecule has 1 N–H and O–H groups in total. The van der Waals surface area contributed by atoms with Crippen LogP contribution in [0.15, 0.2) is 48.5 Å². The number of para-hydroxylation sites is 1. The Labute approximate surface area is 152 Å². The third kappa shape index (κ3) is 4.14. The molecule has 1 amide bonds. The molecule has 0 saturated carbocycles. The van der Waals surface area contributed by atoms with Crippen molar-refractivity contribution in [1.82, 2.24) is 4.90 Å². The lowest BCUT2D eigenvalue weighted by Crippen LogP contribution is -2.33. The number of nitrogens with zero attached hydrogens (tertiary/aromatic N) is 1. The van der Waals surface area contributed by atoms with Gasteiger partial charge in [0.15, 0.2) is 6.61 Å². The minimum atomic E-state index is -1.02. The first-order chi connectivity index (χ1) is 12.5. The van der Waals surface area contributed by atoms with Crippen molar-refractivity contribution in [1.29, 1.82) is 0 Å². The highest BCUT2D eigenvalue weighted by molar-refractivity contribution is 5.84. The Hall–Kier alpha value is -3.02. The molecule has 1 unspecified atom stereocenters. The molecule has 0 saturated heterocycles. The van der Waals surface area contributed by atoms with E-state index >= 15 is 0 Å². The SMILES string of the molecule is CN(Cc1ccc(OCC(=O)O)cc1)C(=O)C1CCOc2ccccc21. The monoisotopic (exact) mass is 355 g/mol. The fourth-order valence-electron chi connectivity index (χ4n) is 3.05. The summed E-state index contributed by atoms with van der Waals surface area (Å²) in [6.45, 7) is 0.634. The summed E-state index contributed by atoms with van der Waals surface area (Å²) in [5.41, 5.74) is 1.89. The van der Waals surface area contributed by atoms with Gasteiger partial charge in [0.2, 0.25) is 5.91 Å². The molecule has 0 fully saturated rings. The van der Waals surface area contributed by atoms with Crippen LogP contribution in [0.3, 0.4) is 0 Å². The second-order valence-corrected chi connectivity index (χ2v) is 6.25. The van der Waals surface area contributed by atoms with Gasteiger partial charge in [0, 0.05) is 19.2 Å². The van der Waals surface area contributed by atoms with Crippen molar-refractivity contribution < 1.29 is 24.2 Å². The molecule has 1 aliphatic rings. The molecule has 2 aromatic rings. The molecule has 0 aromatic heterocycles. The second kappa shape index (κ2) is 7.91. The van der Waals surface area contributed by atoms with E-state index in [2.05, 4.69) is 0 Å². The van der Waals surface area contributed by atoms with E-state index in [4.69, 9.17) is 14.6 Å². The van der Waals surface area contributed by atoms with Gasteiger partial charge in [-0.15, -0.1) is 0 Å². The molecular formula is C20H21NO5. The second-order valence-electron chi connectivity index (χ2n) is 6.25. The first kappa shape index (κ1) is 17.8. The van der Waals surface area contributed by atoms with Crippen LogP contribution in [-0.4, -0.2) is 42.1 Å². The van der Waals surface area contributed by atoms with Gasteiger partial charge in [-0.1, -0.05) is 30.3 Å². The minimum Gasteiger partial charge on any atom is -0.493 e. The number of likely N-dealkylation sites (N-methyl/N-ethyl adjacent to an activating group) is 1. The van der Waals surface area contributed by atoms with E-state index in [1.54, 1.807) is 24.1 Å². The van der Waals surface area contributed by atoms with Crippen molar-refractivity contribution in [3.05, 3.63) is 59.7 Å². The molecule has 0 aliphatic carbocycles. The average molecular weight is 355 g/mol. The van der Waals surface area contributed by atoms with Crippen LogP contribution < -0.4 is 9.47 Å². The predicted molar refractivity (Wildman–Crippen MR) is 95.3 cm³/mol. The van der Waals surface area contributed by atoms with E-state index in [0.29, 0.717) is 25.3 Å². The van der Waals surface area contributed by atoms with Crippen molar-refractivity contribution in [2.45, 2.75) is 18.9 Å². The lowest BCUT2D eigenvalue weighted by molar-refractivity contribution is -0.139. The van der Waals surface area contributed by atoms with E-state index < -0.39 is 5.97 Å². The largest absolute Gasteiger partial charge is 0.493 e. The maximum absolute atomic E-state index is 12.9. The van der Waals surface area contributed by atoms with Crippen molar-refractivity contribution in [2.75, 3.05) is 20.3 Å². The molecule has 2 aromatic carbocycles. The number of fused-ring (bicyclic) bond motifs is 1. The number of carboxylic acid groups (broad SMARTS) is 1. The van der Waals surface area contributed by atoms with Gasteiger partial charge in [0.05, 0.1) is 12.5 Å². The summed E-state index contributed by atoms with van der Waals surface area (Å²) in [5.74, 6) is 0.125. The van der Waals surface area contributed by atoms with Crippen LogP contribution >= 0.6 is 0 Å². The van der Waals surface area contributed by atoms with Crippen molar-refractivity contribution in [3.63, 3.8) is 0 Å². The van der Waals surface area contributed by atoms with Gasteiger partial charge < -0.3 is 19.5 Å². The summed E-state index contributed by atoms with van der Waals surface area (Å²) in [6.07, 6.45) is 0.669. The Morgan fingerprint density at radius 2 is 1.92 bits per heavy atom. The summed E-state index contributed by atoms with van der Waals surface area (Å²) in [5, 5.41) is 8.62. The zero-order valence-corrected chi connectivity index (χ0v) is 14.6. The van der Waals surface area contributed by atoms with Crippen molar-refractivity contribution in [2.24, 2.45) is 0 Å². The Morgan fingerprint density at radius 1 is 1.19 bits per heavy atom. The molecule has 6 nitrogen and oxygen atoms in total. The van der Waals surface area contributed by atoms with Gasteiger partial charge in [-0.3, -0.25) is 4.79 Å². The summed E-state index contributed by atoms with van der Waals surface area (Å²) < 4.78 is 10.7. The van der Waals surface area contributed by atoms with Gasteiger partial charge >= 0.3 is 5.97 Å². The molecule has 26 heavy (non-hydrogen) atoms. The Bertz CT molecular complexity index is 787. The topological polar surface area (TPSA) is 76.1 Å². The summed E-state index contributed by atoms with van der Waals surface area (Å²) >= 11 is 0. The first-order valence-electron chi connectivity index (χ1n) is 8.45. The van der Waals surface area contributed by atoms with Crippen LogP contribution in [0.5, 0.6) is 11.5 Å². The zero-order chi connectivity index (χ0) is 18.5. The Morgan fingerprint density at radius 3 is 2.65 bits per heavy atom. The van der Waals surface area contributed by atoms with Crippen LogP contribution in [0.25, 0.3) is 0 Å². The van der Waals surface area contributed by atoms with Gasteiger partial charge in [-0.05, 0) is 30.2 Å². The number of ether oxygens (including phenoxy) is 2. The van der Waals surface area contributed by atoms with E-state index in [9.17, 15) is 9.59 Å². The molecule has 1 aliphatic heterocycles. The van der Waals surface area contributed by atoms with E-state index in [1.165, 1.54) is 0 Å². The molecular weight excluding hydrogens is 334 g/mol. The van der Waals surface area contributed by atoms with Crippen LogP contribution in [-0.2, 0) is 16.1 Å². The third-order valence-electron chi connectivity index (χ3n) is 4.34. The normalized spacial score (nSPS) is 15.5. The lowest BCUT2D eigenvalue weighted by Gasteiger charge is -2.28. The summed E-state index contributed by atoms with van der Waals surface area (Å²) in [6, 6.07) is 14.7. The number of amides is 1. The quantitative estimate of drug-likeness (QED) is 0.862.